The van der Waals surface area contributed by atoms with Crippen molar-refractivity contribution in [3.05, 3.63) is 72.7 Å². The van der Waals surface area contributed by atoms with E-state index < -0.39 is 0 Å². The fourth-order valence-electron chi connectivity index (χ4n) is 2.17. The van der Waals surface area contributed by atoms with Gasteiger partial charge in [0.15, 0.2) is 0 Å². The summed E-state index contributed by atoms with van der Waals surface area (Å²) in [6.07, 6.45) is 2.11. The predicted molar refractivity (Wildman–Crippen MR) is 92.1 cm³/mol. The van der Waals surface area contributed by atoms with Gasteiger partial charge in [-0.2, -0.15) is 11.3 Å². The van der Waals surface area contributed by atoms with E-state index >= 15 is 0 Å². The number of aromatic nitrogens is 2. The lowest BCUT2D eigenvalue weighted by atomic mass is 10.1. The summed E-state index contributed by atoms with van der Waals surface area (Å²) in [5, 5.41) is 9.95. The minimum absolute atomic E-state index is 0.192. The highest BCUT2D eigenvalue weighted by Crippen LogP contribution is 2.23. The van der Waals surface area contributed by atoms with Crippen LogP contribution >= 0.6 is 22.7 Å². The molecule has 5 nitrogen and oxygen atoms in total. The zero-order valence-corrected chi connectivity index (χ0v) is 14.0. The lowest BCUT2D eigenvalue weighted by Crippen LogP contribution is -2.30. The number of aryl methyl sites for hydroxylation is 1. The van der Waals surface area contributed by atoms with Crippen LogP contribution < -0.4 is 10.9 Å². The highest BCUT2D eigenvalue weighted by atomic mass is 32.1. The molecule has 0 aliphatic heterocycles. The number of thiazole rings is 1. The first-order valence-corrected chi connectivity index (χ1v) is 8.87. The topological polar surface area (TPSA) is 74.8 Å². The third-order valence-electron chi connectivity index (χ3n) is 3.31. The fourth-order valence-corrected chi connectivity index (χ4v) is 3.70. The number of amides is 1. The van der Waals surface area contributed by atoms with Crippen LogP contribution in [-0.2, 0) is 6.42 Å². The molecule has 0 spiro atoms. The van der Waals surface area contributed by atoms with Gasteiger partial charge < -0.3 is 10.3 Å². The van der Waals surface area contributed by atoms with Gasteiger partial charge in [0.25, 0.3) is 5.91 Å². The monoisotopic (exact) mass is 345 g/mol. The van der Waals surface area contributed by atoms with Crippen molar-refractivity contribution in [2.75, 3.05) is 0 Å². The summed E-state index contributed by atoms with van der Waals surface area (Å²) in [5.74, 6) is -0.227. The number of hydrogen-bond donors (Lipinski definition) is 2. The first-order valence-electron chi connectivity index (χ1n) is 7.04. The molecule has 3 heterocycles. The average molecular weight is 345 g/mol. The number of H-pyrrole nitrogens is 1. The molecule has 0 fully saturated rings. The van der Waals surface area contributed by atoms with Crippen LogP contribution in [0.3, 0.4) is 0 Å². The fraction of sp³-hybridized carbons (Fsp3) is 0.188. The number of rotatable bonds is 5. The maximum atomic E-state index is 12.4. The van der Waals surface area contributed by atoms with E-state index in [4.69, 9.17) is 0 Å². The zero-order valence-electron chi connectivity index (χ0n) is 12.4. The lowest BCUT2D eigenvalue weighted by molar-refractivity contribution is 0.0936. The van der Waals surface area contributed by atoms with Gasteiger partial charge in [0.2, 0.25) is 5.56 Å². The molecular formula is C16H15N3O2S2. The number of carbonyl (C=O) groups excluding carboxylic acids is 1. The third kappa shape index (κ3) is 3.94. The molecular weight excluding hydrogens is 330 g/mol. The Bertz CT molecular complexity index is 832. The van der Waals surface area contributed by atoms with E-state index in [1.165, 1.54) is 29.7 Å². The average Bonchev–Trinajstić information content (AvgIpc) is 3.19. The highest BCUT2D eigenvalue weighted by molar-refractivity contribution is 7.09. The molecule has 7 heteroatoms. The number of aromatic amines is 1. The molecule has 0 saturated heterocycles. The molecule has 3 aromatic rings. The summed E-state index contributed by atoms with van der Waals surface area (Å²) in [6, 6.07) is 4.71. The largest absolute Gasteiger partial charge is 0.342 e. The summed E-state index contributed by atoms with van der Waals surface area (Å²) < 4.78 is 0. The maximum Gasteiger partial charge on any atom is 0.253 e. The standard InChI is InChI=1S/C16H15N3O2S2/c1-10-8-23-16(18-10)13(6-11-4-5-22-9-11)19-15(21)12-2-3-14(20)17-7-12/h2-5,7-9,13H,6H2,1H3,(H,17,20)(H,19,21)/t13-/m0/s1. The number of carbonyl (C=O) groups is 1. The van der Waals surface area contributed by atoms with E-state index in [2.05, 4.69) is 20.7 Å². The van der Waals surface area contributed by atoms with Crippen LogP contribution in [0.15, 0.2) is 45.3 Å². The summed E-state index contributed by atoms with van der Waals surface area (Å²) in [7, 11) is 0. The number of nitrogens with zero attached hydrogens (tertiary/aromatic N) is 1. The van der Waals surface area contributed by atoms with Crippen molar-refractivity contribution in [2.24, 2.45) is 0 Å². The minimum Gasteiger partial charge on any atom is -0.342 e. The second-order valence-corrected chi connectivity index (χ2v) is 6.80. The predicted octanol–water partition coefficient (Wildman–Crippen LogP) is 2.92. The van der Waals surface area contributed by atoms with Gasteiger partial charge in [0.1, 0.15) is 5.01 Å². The quantitative estimate of drug-likeness (QED) is 0.746. The molecule has 0 radical (unpaired) electrons. The van der Waals surface area contributed by atoms with Gasteiger partial charge >= 0.3 is 0 Å². The van der Waals surface area contributed by atoms with Gasteiger partial charge in [-0.05, 0) is 35.4 Å². The van der Waals surface area contributed by atoms with E-state index in [-0.39, 0.29) is 17.5 Å². The van der Waals surface area contributed by atoms with Gasteiger partial charge in [-0.25, -0.2) is 4.98 Å². The van der Waals surface area contributed by atoms with E-state index in [1.54, 1.807) is 11.3 Å². The summed E-state index contributed by atoms with van der Waals surface area (Å²) in [4.78, 5) is 30.5. The van der Waals surface area contributed by atoms with Crippen molar-refractivity contribution in [3.63, 3.8) is 0 Å². The molecule has 3 aromatic heterocycles. The van der Waals surface area contributed by atoms with E-state index in [0.717, 1.165) is 16.3 Å². The van der Waals surface area contributed by atoms with Crippen LogP contribution in [-0.4, -0.2) is 15.9 Å². The normalized spacial score (nSPS) is 12.0. The Hall–Kier alpha value is -2.25. The summed E-state index contributed by atoms with van der Waals surface area (Å²) >= 11 is 3.17. The Balaban J connectivity index is 1.81. The van der Waals surface area contributed by atoms with Crippen LogP contribution in [0, 0.1) is 6.92 Å². The van der Waals surface area contributed by atoms with Crippen molar-refractivity contribution < 1.29 is 4.79 Å². The van der Waals surface area contributed by atoms with Gasteiger partial charge in [0, 0.05) is 29.8 Å². The lowest BCUT2D eigenvalue weighted by Gasteiger charge is -2.16. The Morgan fingerprint density at radius 2 is 2.22 bits per heavy atom. The smallest absolute Gasteiger partial charge is 0.253 e. The van der Waals surface area contributed by atoms with Gasteiger partial charge in [-0.1, -0.05) is 0 Å². The molecule has 2 N–H and O–H groups in total. The molecule has 0 saturated carbocycles. The Morgan fingerprint density at radius 1 is 1.35 bits per heavy atom. The molecule has 0 aliphatic rings. The molecule has 0 unspecified atom stereocenters. The number of thiophene rings is 1. The molecule has 1 amide bonds. The van der Waals surface area contributed by atoms with Crippen molar-refractivity contribution >= 4 is 28.6 Å². The van der Waals surface area contributed by atoms with Crippen molar-refractivity contribution in [2.45, 2.75) is 19.4 Å². The van der Waals surface area contributed by atoms with E-state index in [9.17, 15) is 9.59 Å². The Labute approximate surface area is 141 Å². The van der Waals surface area contributed by atoms with Gasteiger partial charge in [-0.15, -0.1) is 11.3 Å². The van der Waals surface area contributed by atoms with Crippen molar-refractivity contribution in [1.82, 2.24) is 15.3 Å². The molecule has 3 rings (SSSR count). The molecule has 118 valence electrons. The molecule has 23 heavy (non-hydrogen) atoms. The molecule has 1 atom stereocenters. The van der Waals surface area contributed by atoms with Crippen LogP contribution in [0.25, 0.3) is 0 Å². The summed E-state index contributed by atoms with van der Waals surface area (Å²) in [5.41, 5.74) is 2.30. The van der Waals surface area contributed by atoms with Crippen LogP contribution in [0.5, 0.6) is 0 Å². The van der Waals surface area contributed by atoms with E-state index in [1.807, 2.05) is 23.8 Å². The Kier molecular flexibility index (Phi) is 4.68. The van der Waals surface area contributed by atoms with Gasteiger partial charge in [-0.3, -0.25) is 9.59 Å². The van der Waals surface area contributed by atoms with Gasteiger partial charge in [0.05, 0.1) is 11.6 Å². The second kappa shape index (κ2) is 6.89. The minimum atomic E-state index is -0.230. The second-order valence-electron chi connectivity index (χ2n) is 5.13. The number of nitrogens with one attached hydrogen (secondary N) is 2. The SMILES string of the molecule is Cc1csc([C@H](Cc2ccsc2)NC(=O)c2ccc(=O)[nH]c2)n1. The highest BCUT2D eigenvalue weighted by Gasteiger charge is 2.19. The molecule has 0 bridgehead atoms. The summed E-state index contributed by atoms with van der Waals surface area (Å²) in [6.45, 7) is 1.94. The van der Waals surface area contributed by atoms with Crippen LogP contribution in [0.2, 0.25) is 0 Å². The first-order chi connectivity index (χ1) is 11.1. The Morgan fingerprint density at radius 3 is 2.83 bits per heavy atom. The van der Waals surface area contributed by atoms with Crippen molar-refractivity contribution in [3.8, 4) is 0 Å². The number of hydrogen-bond acceptors (Lipinski definition) is 5. The van der Waals surface area contributed by atoms with Crippen molar-refractivity contribution in [1.29, 1.82) is 0 Å². The van der Waals surface area contributed by atoms with Crippen LogP contribution in [0.4, 0.5) is 0 Å². The molecule has 0 aliphatic carbocycles. The first kappa shape index (κ1) is 15.6. The van der Waals surface area contributed by atoms with Crippen LogP contribution in [0.1, 0.15) is 32.7 Å². The number of pyridine rings is 1. The zero-order chi connectivity index (χ0) is 16.2. The third-order valence-corrected chi connectivity index (χ3v) is 5.11. The maximum absolute atomic E-state index is 12.4. The van der Waals surface area contributed by atoms with E-state index in [0.29, 0.717) is 12.0 Å². The molecule has 0 aromatic carbocycles.